The second-order valence-corrected chi connectivity index (χ2v) is 12.3. The van der Waals surface area contributed by atoms with E-state index >= 15 is 0 Å². The second kappa shape index (κ2) is 11.7. The number of imide groups is 1. The molecule has 0 aromatic heterocycles. The van der Waals surface area contributed by atoms with E-state index in [1.165, 1.54) is 49.8 Å². The zero-order valence-electron chi connectivity index (χ0n) is 20.0. The highest BCUT2D eigenvalue weighted by Crippen LogP contribution is 2.60. The van der Waals surface area contributed by atoms with E-state index in [4.69, 9.17) is 0 Å². The molecule has 4 rings (SSSR count). The molecule has 3 fully saturated rings. The Balaban J connectivity index is 1.22. The van der Waals surface area contributed by atoms with Crippen molar-refractivity contribution in [3.8, 4) is 0 Å². The van der Waals surface area contributed by atoms with Gasteiger partial charge in [0.25, 0.3) is 0 Å². The highest BCUT2D eigenvalue weighted by atomic mass is 79.9. The summed E-state index contributed by atoms with van der Waals surface area (Å²) in [6.07, 6.45) is 12.5. The van der Waals surface area contributed by atoms with Crippen LogP contribution in [0.15, 0.2) is 24.3 Å². The van der Waals surface area contributed by atoms with Crippen molar-refractivity contribution >= 4 is 61.0 Å². The Morgan fingerprint density at radius 1 is 0.853 bits per heavy atom. The highest BCUT2D eigenvalue weighted by molar-refractivity contribution is 9.12. The summed E-state index contributed by atoms with van der Waals surface area (Å²) in [7, 11) is 0. The molecular weight excluding hydrogens is 560 g/mol. The van der Waals surface area contributed by atoms with Gasteiger partial charge in [-0.2, -0.15) is 0 Å². The predicted molar refractivity (Wildman–Crippen MR) is 143 cm³/mol. The normalized spacial score (nSPS) is 29.7. The van der Waals surface area contributed by atoms with Gasteiger partial charge in [-0.15, -0.1) is 0 Å². The summed E-state index contributed by atoms with van der Waals surface area (Å²) in [6, 6.07) is 7.11. The number of carbonyl (C=O) groups is 3. The molecule has 2 aliphatic carbocycles. The summed E-state index contributed by atoms with van der Waals surface area (Å²) in [5.41, 5.74) is 1.29. The maximum absolute atomic E-state index is 13.2. The van der Waals surface area contributed by atoms with Crippen molar-refractivity contribution in [3.05, 3.63) is 24.3 Å². The number of unbranched alkanes of at least 4 members (excludes halogenated alkanes) is 8. The monoisotopic (exact) mass is 594 g/mol. The van der Waals surface area contributed by atoms with Crippen molar-refractivity contribution in [2.24, 2.45) is 23.7 Å². The van der Waals surface area contributed by atoms with Crippen LogP contribution in [0.4, 0.5) is 11.4 Å². The number of amides is 3. The van der Waals surface area contributed by atoms with Crippen LogP contribution in [0.5, 0.6) is 0 Å². The SMILES string of the molecule is CCCCCCCCCCCC(=O)Nc1ccc(N2C(=O)[C@@H]3[C@H]4C[C@@H]([C@H](Br)[C@H]4Br)[C@@H]3C2=O)cc1. The number of anilines is 2. The molecule has 34 heavy (non-hydrogen) atoms. The molecule has 2 saturated carbocycles. The van der Waals surface area contributed by atoms with Crippen LogP contribution in [-0.4, -0.2) is 27.4 Å². The first-order valence-electron chi connectivity index (χ1n) is 13.0. The number of hydrogen-bond donors (Lipinski definition) is 1. The molecule has 7 heteroatoms. The Bertz CT molecular complexity index is 858. The van der Waals surface area contributed by atoms with E-state index in [0.29, 0.717) is 17.8 Å². The molecule has 0 radical (unpaired) electrons. The van der Waals surface area contributed by atoms with Gasteiger partial charge in [0, 0.05) is 21.8 Å². The van der Waals surface area contributed by atoms with Crippen molar-refractivity contribution in [2.75, 3.05) is 10.2 Å². The number of nitrogens with zero attached hydrogens (tertiary/aromatic N) is 1. The van der Waals surface area contributed by atoms with Gasteiger partial charge in [0.2, 0.25) is 17.7 Å². The van der Waals surface area contributed by atoms with E-state index in [2.05, 4.69) is 44.1 Å². The van der Waals surface area contributed by atoms with E-state index < -0.39 is 0 Å². The Labute approximate surface area is 220 Å². The largest absolute Gasteiger partial charge is 0.326 e. The van der Waals surface area contributed by atoms with Gasteiger partial charge in [0.1, 0.15) is 0 Å². The van der Waals surface area contributed by atoms with E-state index in [0.717, 1.165) is 19.3 Å². The minimum Gasteiger partial charge on any atom is -0.326 e. The Morgan fingerprint density at radius 2 is 1.35 bits per heavy atom. The smallest absolute Gasteiger partial charge is 0.238 e. The maximum Gasteiger partial charge on any atom is 0.238 e. The number of hydrogen-bond acceptors (Lipinski definition) is 3. The quantitative estimate of drug-likeness (QED) is 0.164. The molecule has 1 saturated heterocycles. The van der Waals surface area contributed by atoms with Crippen LogP contribution in [0, 0.1) is 23.7 Å². The molecule has 1 aromatic carbocycles. The first-order valence-corrected chi connectivity index (χ1v) is 14.8. The van der Waals surface area contributed by atoms with E-state index in [-0.39, 0.29) is 51.0 Å². The second-order valence-electron chi connectivity index (χ2n) is 10.2. The zero-order chi connectivity index (χ0) is 24.2. The van der Waals surface area contributed by atoms with E-state index in [9.17, 15) is 14.4 Å². The predicted octanol–water partition coefficient (Wildman–Crippen LogP) is 6.83. The van der Waals surface area contributed by atoms with Crippen LogP contribution < -0.4 is 10.2 Å². The van der Waals surface area contributed by atoms with Gasteiger partial charge in [-0.1, -0.05) is 90.2 Å². The summed E-state index contributed by atoms with van der Waals surface area (Å²) in [5, 5.41) is 2.94. The van der Waals surface area contributed by atoms with Crippen LogP contribution >= 0.6 is 31.9 Å². The number of rotatable bonds is 12. The first kappa shape index (κ1) is 25.9. The number of carbonyl (C=O) groups excluding carboxylic acids is 3. The van der Waals surface area contributed by atoms with Gasteiger partial charge in [-0.25, -0.2) is 0 Å². The zero-order valence-corrected chi connectivity index (χ0v) is 23.2. The Hall–Kier alpha value is -1.21. The maximum atomic E-state index is 13.2. The molecule has 6 atom stereocenters. The topological polar surface area (TPSA) is 66.5 Å². The molecule has 0 unspecified atom stereocenters. The van der Waals surface area contributed by atoms with Gasteiger partial charge < -0.3 is 5.32 Å². The average molecular weight is 596 g/mol. The first-order chi connectivity index (χ1) is 16.4. The number of halogens is 2. The molecular formula is C27H36Br2N2O3. The number of nitrogens with one attached hydrogen (secondary N) is 1. The summed E-state index contributed by atoms with van der Waals surface area (Å²) >= 11 is 7.45. The molecule has 1 aromatic rings. The van der Waals surface area contributed by atoms with Gasteiger partial charge in [0.15, 0.2) is 0 Å². The van der Waals surface area contributed by atoms with Crippen LogP contribution in [-0.2, 0) is 14.4 Å². The Kier molecular flexibility index (Phi) is 8.89. The minimum absolute atomic E-state index is 0.0156. The highest BCUT2D eigenvalue weighted by Gasteiger charge is 2.66. The van der Waals surface area contributed by atoms with Crippen molar-refractivity contribution in [2.45, 2.75) is 87.2 Å². The third-order valence-electron chi connectivity index (χ3n) is 7.90. The van der Waals surface area contributed by atoms with Crippen molar-refractivity contribution < 1.29 is 14.4 Å². The number of alkyl halides is 2. The van der Waals surface area contributed by atoms with E-state index in [1.807, 2.05) is 0 Å². The molecule has 186 valence electrons. The molecule has 2 bridgehead atoms. The van der Waals surface area contributed by atoms with Crippen molar-refractivity contribution in [1.82, 2.24) is 0 Å². The lowest BCUT2D eigenvalue weighted by Gasteiger charge is -2.28. The number of benzene rings is 1. The lowest BCUT2D eigenvalue weighted by atomic mass is 9.81. The minimum atomic E-state index is -0.216. The fraction of sp³-hybridized carbons (Fsp3) is 0.667. The van der Waals surface area contributed by atoms with Crippen molar-refractivity contribution in [3.63, 3.8) is 0 Å². The molecule has 1 aliphatic heterocycles. The van der Waals surface area contributed by atoms with Crippen LogP contribution in [0.2, 0.25) is 0 Å². The van der Waals surface area contributed by atoms with Gasteiger partial charge >= 0.3 is 0 Å². The molecule has 3 aliphatic rings. The lowest BCUT2D eigenvalue weighted by Crippen LogP contribution is -2.37. The number of fused-ring (bicyclic) bond motifs is 5. The third kappa shape index (κ3) is 5.30. The van der Waals surface area contributed by atoms with Gasteiger partial charge in [-0.3, -0.25) is 19.3 Å². The molecule has 0 spiro atoms. The molecule has 3 amide bonds. The molecule has 5 nitrogen and oxygen atoms in total. The van der Waals surface area contributed by atoms with Gasteiger partial charge in [0.05, 0.1) is 17.5 Å². The standard InChI is InChI=1S/C27H36Br2N2O3/c1-2-3-4-5-6-7-8-9-10-11-21(32)30-17-12-14-18(15-13-17)31-26(33)22-19-16-20(23(22)27(31)34)25(29)24(19)28/h12-15,19-20,22-25H,2-11,16H2,1H3,(H,30,32)/t19-,20-,22-,23+,24+,25+/m1/s1. The molecule has 1 heterocycles. The molecule has 1 N–H and O–H groups in total. The lowest BCUT2D eigenvalue weighted by molar-refractivity contribution is -0.123. The fourth-order valence-electron chi connectivity index (χ4n) is 6.12. The third-order valence-corrected chi connectivity index (χ3v) is 11.1. The fourth-order valence-corrected chi connectivity index (χ4v) is 7.99. The van der Waals surface area contributed by atoms with Crippen LogP contribution in [0.3, 0.4) is 0 Å². The summed E-state index contributed by atoms with van der Waals surface area (Å²) in [6.45, 7) is 2.24. The summed E-state index contributed by atoms with van der Waals surface area (Å²) < 4.78 is 0. The van der Waals surface area contributed by atoms with Gasteiger partial charge in [-0.05, 0) is 48.9 Å². The van der Waals surface area contributed by atoms with E-state index in [1.54, 1.807) is 24.3 Å². The van der Waals surface area contributed by atoms with Crippen LogP contribution in [0.1, 0.15) is 77.6 Å². The van der Waals surface area contributed by atoms with Crippen LogP contribution in [0.25, 0.3) is 0 Å². The average Bonchev–Trinajstić information content (AvgIpc) is 3.43. The van der Waals surface area contributed by atoms with Crippen molar-refractivity contribution in [1.29, 1.82) is 0 Å². The summed E-state index contributed by atoms with van der Waals surface area (Å²) in [4.78, 5) is 40.5. The Morgan fingerprint density at radius 3 is 1.88 bits per heavy atom. The summed E-state index contributed by atoms with van der Waals surface area (Å²) in [5.74, 6) is -0.150.